The van der Waals surface area contributed by atoms with E-state index in [4.69, 9.17) is 10.5 Å². The fraction of sp³-hybridized carbons (Fsp3) is 0.750. The van der Waals surface area contributed by atoms with Crippen molar-refractivity contribution in [2.45, 2.75) is 32.9 Å². The van der Waals surface area contributed by atoms with Gasteiger partial charge in [-0.3, -0.25) is 0 Å². The summed E-state index contributed by atoms with van der Waals surface area (Å²) < 4.78 is 5.21. The van der Waals surface area contributed by atoms with Crippen LogP contribution in [0.2, 0.25) is 0 Å². The molecule has 74 valence electrons. The summed E-state index contributed by atoms with van der Waals surface area (Å²) in [4.78, 5) is 0. The van der Waals surface area contributed by atoms with Crippen LogP contribution in [0.25, 0.3) is 0 Å². The van der Waals surface area contributed by atoms with Gasteiger partial charge in [-0.15, -0.1) is 10.2 Å². The van der Waals surface area contributed by atoms with Crippen molar-refractivity contribution < 1.29 is 4.74 Å². The fourth-order valence-corrected chi connectivity index (χ4v) is 1.70. The monoisotopic (exact) mass is 201 g/mol. The first-order valence-corrected chi connectivity index (χ1v) is 5.25. The molecule has 5 heteroatoms. The molecule has 0 aromatic carbocycles. The van der Waals surface area contributed by atoms with Gasteiger partial charge in [0.25, 0.3) is 0 Å². The highest BCUT2D eigenvalue weighted by molar-refractivity contribution is 7.11. The second kappa shape index (κ2) is 5.26. The Morgan fingerprint density at radius 2 is 2.23 bits per heavy atom. The van der Waals surface area contributed by atoms with Gasteiger partial charge < -0.3 is 10.5 Å². The average molecular weight is 201 g/mol. The van der Waals surface area contributed by atoms with Gasteiger partial charge in [0.05, 0.1) is 6.04 Å². The van der Waals surface area contributed by atoms with Gasteiger partial charge in [-0.05, 0) is 13.3 Å². The minimum absolute atomic E-state index is 0.0212. The average Bonchev–Trinajstić information content (AvgIpc) is 2.62. The second-order valence-electron chi connectivity index (χ2n) is 2.69. The molecule has 1 heterocycles. The lowest BCUT2D eigenvalue weighted by Gasteiger charge is -2.00. The van der Waals surface area contributed by atoms with Crippen molar-refractivity contribution in [1.29, 1.82) is 0 Å². The molecule has 0 saturated heterocycles. The first-order chi connectivity index (χ1) is 6.27. The van der Waals surface area contributed by atoms with E-state index in [1.165, 1.54) is 11.3 Å². The Morgan fingerprint density at radius 1 is 1.46 bits per heavy atom. The van der Waals surface area contributed by atoms with Crippen LogP contribution in [0.4, 0.5) is 0 Å². The molecule has 0 saturated carbocycles. The van der Waals surface area contributed by atoms with Gasteiger partial charge >= 0.3 is 0 Å². The topological polar surface area (TPSA) is 61.0 Å². The van der Waals surface area contributed by atoms with Crippen LogP contribution in [0.1, 0.15) is 36.3 Å². The SMILES string of the molecule is CCOCc1nnc(C(N)CC)s1. The molecule has 0 aliphatic rings. The van der Waals surface area contributed by atoms with Crippen LogP contribution >= 0.6 is 11.3 Å². The molecule has 1 atom stereocenters. The fourth-order valence-electron chi connectivity index (χ4n) is 0.839. The third-order valence-electron chi connectivity index (χ3n) is 1.67. The summed E-state index contributed by atoms with van der Waals surface area (Å²) >= 11 is 1.53. The summed E-state index contributed by atoms with van der Waals surface area (Å²) in [5.41, 5.74) is 5.80. The Labute approximate surface area is 82.1 Å². The molecule has 0 fully saturated rings. The lowest BCUT2D eigenvalue weighted by atomic mass is 10.3. The summed E-state index contributed by atoms with van der Waals surface area (Å²) in [7, 11) is 0. The van der Waals surface area contributed by atoms with Crippen LogP contribution in [0.5, 0.6) is 0 Å². The van der Waals surface area contributed by atoms with Crippen molar-refractivity contribution in [3.8, 4) is 0 Å². The van der Waals surface area contributed by atoms with E-state index < -0.39 is 0 Å². The van der Waals surface area contributed by atoms with Crippen molar-refractivity contribution in [2.24, 2.45) is 5.73 Å². The molecule has 4 nitrogen and oxygen atoms in total. The van der Waals surface area contributed by atoms with Crippen LogP contribution < -0.4 is 5.73 Å². The van der Waals surface area contributed by atoms with Crippen LogP contribution in [0, 0.1) is 0 Å². The number of ether oxygens (including phenoxy) is 1. The summed E-state index contributed by atoms with van der Waals surface area (Å²) in [5, 5.41) is 9.79. The number of aromatic nitrogens is 2. The van der Waals surface area contributed by atoms with Gasteiger partial charge in [-0.25, -0.2) is 0 Å². The number of nitrogens with zero attached hydrogens (tertiary/aromatic N) is 2. The molecule has 2 N–H and O–H groups in total. The first-order valence-electron chi connectivity index (χ1n) is 4.43. The molecule has 0 aliphatic carbocycles. The molecule has 1 aromatic heterocycles. The Hall–Kier alpha value is -0.520. The van der Waals surface area contributed by atoms with E-state index >= 15 is 0 Å². The predicted octanol–water partition coefficient (Wildman–Crippen LogP) is 1.48. The van der Waals surface area contributed by atoms with Gasteiger partial charge in [0.1, 0.15) is 16.6 Å². The maximum atomic E-state index is 5.80. The molecule has 1 aromatic rings. The smallest absolute Gasteiger partial charge is 0.143 e. The second-order valence-corrected chi connectivity index (χ2v) is 3.78. The van der Waals surface area contributed by atoms with Crippen LogP contribution in [0.3, 0.4) is 0 Å². The van der Waals surface area contributed by atoms with Crippen LogP contribution in [-0.2, 0) is 11.3 Å². The molecule has 0 radical (unpaired) electrons. The van der Waals surface area contributed by atoms with Crippen molar-refractivity contribution in [3.05, 3.63) is 10.0 Å². The summed E-state index contributed by atoms with van der Waals surface area (Å²) in [6, 6.07) is 0.0212. The van der Waals surface area contributed by atoms with Gasteiger partial charge in [0.2, 0.25) is 0 Å². The normalized spacial score (nSPS) is 13.2. The van der Waals surface area contributed by atoms with E-state index in [1.807, 2.05) is 13.8 Å². The van der Waals surface area contributed by atoms with E-state index in [0.717, 1.165) is 16.4 Å². The molecule has 0 amide bonds. The zero-order chi connectivity index (χ0) is 9.68. The van der Waals surface area contributed by atoms with Crippen molar-refractivity contribution >= 4 is 11.3 Å². The number of hydrogen-bond acceptors (Lipinski definition) is 5. The van der Waals surface area contributed by atoms with E-state index in [0.29, 0.717) is 13.2 Å². The Kier molecular flexibility index (Phi) is 4.27. The van der Waals surface area contributed by atoms with Gasteiger partial charge in [0, 0.05) is 6.61 Å². The number of nitrogens with two attached hydrogens (primary N) is 1. The van der Waals surface area contributed by atoms with Crippen molar-refractivity contribution in [3.63, 3.8) is 0 Å². The Morgan fingerprint density at radius 3 is 2.85 bits per heavy atom. The lowest BCUT2D eigenvalue weighted by molar-refractivity contribution is 0.133. The molecule has 1 rings (SSSR count). The van der Waals surface area contributed by atoms with E-state index in [9.17, 15) is 0 Å². The summed E-state index contributed by atoms with van der Waals surface area (Å²) in [5.74, 6) is 0. The van der Waals surface area contributed by atoms with Crippen molar-refractivity contribution in [1.82, 2.24) is 10.2 Å². The molecule has 0 spiro atoms. The molecule has 0 bridgehead atoms. The maximum Gasteiger partial charge on any atom is 0.143 e. The zero-order valence-electron chi connectivity index (χ0n) is 7.99. The molecule has 0 aliphatic heterocycles. The third-order valence-corrected chi connectivity index (χ3v) is 2.70. The predicted molar refractivity (Wildman–Crippen MR) is 52.5 cm³/mol. The van der Waals surface area contributed by atoms with Crippen LogP contribution in [-0.4, -0.2) is 16.8 Å². The quantitative estimate of drug-likeness (QED) is 0.784. The standard InChI is InChI=1S/C8H15N3OS/c1-3-6(9)8-11-10-7(13-8)5-12-4-2/h6H,3-5,9H2,1-2H3. The van der Waals surface area contributed by atoms with Gasteiger partial charge in [0.15, 0.2) is 0 Å². The molecule has 13 heavy (non-hydrogen) atoms. The van der Waals surface area contributed by atoms with E-state index in [-0.39, 0.29) is 6.04 Å². The van der Waals surface area contributed by atoms with E-state index in [2.05, 4.69) is 10.2 Å². The minimum Gasteiger partial charge on any atom is -0.374 e. The first kappa shape index (κ1) is 10.6. The molecular weight excluding hydrogens is 186 g/mol. The Bertz CT molecular complexity index is 251. The highest BCUT2D eigenvalue weighted by Gasteiger charge is 2.09. The Balaban J connectivity index is 2.53. The third kappa shape index (κ3) is 3.02. The summed E-state index contributed by atoms with van der Waals surface area (Å²) in [6.45, 7) is 5.24. The molecular formula is C8H15N3OS. The maximum absolute atomic E-state index is 5.80. The van der Waals surface area contributed by atoms with Gasteiger partial charge in [-0.1, -0.05) is 18.3 Å². The highest BCUT2D eigenvalue weighted by Crippen LogP contribution is 2.18. The van der Waals surface area contributed by atoms with Gasteiger partial charge in [-0.2, -0.15) is 0 Å². The lowest BCUT2D eigenvalue weighted by Crippen LogP contribution is -2.07. The largest absolute Gasteiger partial charge is 0.374 e. The number of hydrogen-bond donors (Lipinski definition) is 1. The zero-order valence-corrected chi connectivity index (χ0v) is 8.80. The highest BCUT2D eigenvalue weighted by atomic mass is 32.1. The minimum atomic E-state index is 0.0212. The van der Waals surface area contributed by atoms with E-state index in [1.54, 1.807) is 0 Å². The number of rotatable bonds is 5. The summed E-state index contributed by atoms with van der Waals surface area (Å²) in [6.07, 6.45) is 0.892. The van der Waals surface area contributed by atoms with Crippen LogP contribution in [0.15, 0.2) is 0 Å². The van der Waals surface area contributed by atoms with Crippen molar-refractivity contribution in [2.75, 3.05) is 6.61 Å². The molecule has 1 unspecified atom stereocenters.